The second-order valence-corrected chi connectivity index (χ2v) is 9.65. The molecule has 1 fully saturated rings. The summed E-state index contributed by atoms with van der Waals surface area (Å²) in [4.78, 5) is 18.7. The highest BCUT2D eigenvalue weighted by Gasteiger charge is 2.27. The maximum Gasteiger partial charge on any atom is 0.269 e. The van der Waals surface area contributed by atoms with Gasteiger partial charge < -0.3 is 9.30 Å². The molecule has 1 aromatic heterocycles. The maximum absolute atomic E-state index is 14.4. The summed E-state index contributed by atoms with van der Waals surface area (Å²) in [6, 6.07) is 2.63. The Morgan fingerprint density at radius 1 is 1.40 bits per heavy atom. The Kier molecular flexibility index (Phi) is 7.12. The number of amides is 1. The zero-order chi connectivity index (χ0) is 21.9. The summed E-state index contributed by atoms with van der Waals surface area (Å²) in [5, 5.41) is -0.265. The van der Waals surface area contributed by atoms with Crippen molar-refractivity contribution in [1.82, 2.24) is 19.8 Å². The predicted octanol–water partition coefficient (Wildman–Crippen LogP) is 2.65. The molecule has 1 aliphatic rings. The van der Waals surface area contributed by atoms with Crippen LogP contribution in [0, 0.1) is 11.7 Å². The number of nitrogens with one attached hydrogen (secondary N) is 2. The minimum absolute atomic E-state index is 0.0408. The molecular formula is C19H24ClFN4O4S. The standard InChI is InChI=1S/C19H24ClFN4O4S/c1-25-9-17(22-11-25)13-7-15(18(21)16(20)8-13)19(26)23-24-30(27,28)10-12-4-3-5-14(6-12)29-2/h7-9,11-12,14,24H,3-6,10H2,1-2H3,(H,23,26). The fraction of sp³-hybridized carbons (Fsp3) is 0.474. The lowest BCUT2D eigenvalue weighted by Gasteiger charge is -2.27. The lowest BCUT2D eigenvalue weighted by atomic mass is 9.88. The van der Waals surface area contributed by atoms with E-state index in [1.54, 1.807) is 31.2 Å². The summed E-state index contributed by atoms with van der Waals surface area (Å²) in [6.45, 7) is 0. The van der Waals surface area contributed by atoms with Gasteiger partial charge in [-0.3, -0.25) is 10.2 Å². The summed E-state index contributed by atoms with van der Waals surface area (Å²) in [5.74, 6) is -2.11. The van der Waals surface area contributed by atoms with E-state index in [2.05, 4.69) is 10.4 Å². The van der Waals surface area contributed by atoms with Gasteiger partial charge >= 0.3 is 0 Å². The smallest absolute Gasteiger partial charge is 0.269 e. The van der Waals surface area contributed by atoms with Gasteiger partial charge in [0.05, 0.1) is 34.5 Å². The first-order valence-corrected chi connectivity index (χ1v) is 11.5. The number of sulfonamides is 1. The molecule has 2 aromatic rings. The summed E-state index contributed by atoms with van der Waals surface area (Å²) >= 11 is 5.93. The molecular weight excluding hydrogens is 435 g/mol. The monoisotopic (exact) mass is 458 g/mol. The second kappa shape index (κ2) is 9.42. The first-order valence-electron chi connectivity index (χ1n) is 9.48. The minimum atomic E-state index is -3.81. The first kappa shape index (κ1) is 22.7. The van der Waals surface area contributed by atoms with E-state index in [1.165, 1.54) is 12.1 Å². The van der Waals surface area contributed by atoms with Gasteiger partial charge in [-0.15, -0.1) is 4.83 Å². The van der Waals surface area contributed by atoms with Crippen LogP contribution in [0.15, 0.2) is 24.7 Å². The van der Waals surface area contributed by atoms with Gasteiger partial charge in [-0.25, -0.2) is 17.8 Å². The summed E-state index contributed by atoms with van der Waals surface area (Å²) < 4.78 is 46.2. The van der Waals surface area contributed by atoms with Gasteiger partial charge in [0.25, 0.3) is 5.91 Å². The molecule has 1 amide bonds. The minimum Gasteiger partial charge on any atom is -0.381 e. The Labute approximate surface area is 179 Å². The van der Waals surface area contributed by atoms with Crippen molar-refractivity contribution in [2.75, 3.05) is 12.9 Å². The number of ether oxygens (including phenoxy) is 1. The molecule has 1 heterocycles. The van der Waals surface area contributed by atoms with Crippen LogP contribution < -0.4 is 10.3 Å². The number of hydrazine groups is 1. The zero-order valence-electron chi connectivity index (χ0n) is 16.7. The number of benzene rings is 1. The van der Waals surface area contributed by atoms with Crippen molar-refractivity contribution in [1.29, 1.82) is 0 Å². The molecule has 0 saturated heterocycles. The lowest BCUT2D eigenvalue weighted by molar-refractivity contribution is 0.0547. The van der Waals surface area contributed by atoms with Crippen molar-refractivity contribution >= 4 is 27.5 Å². The molecule has 2 atom stereocenters. The van der Waals surface area contributed by atoms with E-state index in [4.69, 9.17) is 16.3 Å². The molecule has 2 unspecified atom stereocenters. The van der Waals surface area contributed by atoms with E-state index in [0.717, 1.165) is 19.3 Å². The van der Waals surface area contributed by atoms with Crippen molar-refractivity contribution in [3.05, 3.63) is 41.1 Å². The van der Waals surface area contributed by atoms with E-state index in [9.17, 15) is 17.6 Å². The average Bonchev–Trinajstić information content (AvgIpc) is 3.14. The van der Waals surface area contributed by atoms with Gasteiger partial charge in [0.1, 0.15) is 0 Å². The number of halogens is 2. The number of carbonyl (C=O) groups excluding carboxylic acids is 1. The second-order valence-electron chi connectivity index (χ2n) is 7.47. The molecule has 1 aliphatic carbocycles. The number of methoxy groups -OCH3 is 1. The van der Waals surface area contributed by atoms with E-state index < -0.39 is 21.7 Å². The number of rotatable bonds is 7. The topological polar surface area (TPSA) is 102 Å². The van der Waals surface area contributed by atoms with Gasteiger partial charge in [0.2, 0.25) is 10.0 Å². The number of hydrogen-bond acceptors (Lipinski definition) is 5. The van der Waals surface area contributed by atoms with Crippen LogP contribution in [-0.4, -0.2) is 42.8 Å². The molecule has 0 bridgehead atoms. The van der Waals surface area contributed by atoms with Crippen molar-refractivity contribution < 1.29 is 22.3 Å². The van der Waals surface area contributed by atoms with Crippen molar-refractivity contribution in [2.24, 2.45) is 13.0 Å². The normalized spacial score (nSPS) is 19.6. The van der Waals surface area contributed by atoms with Crippen LogP contribution in [0.5, 0.6) is 0 Å². The Morgan fingerprint density at radius 3 is 2.83 bits per heavy atom. The van der Waals surface area contributed by atoms with Crippen LogP contribution in [0.25, 0.3) is 11.3 Å². The molecule has 0 radical (unpaired) electrons. The third-order valence-corrected chi connectivity index (χ3v) is 6.72. The first-order chi connectivity index (χ1) is 14.2. The summed E-state index contributed by atoms with van der Waals surface area (Å²) in [7, 11) is -0.428. The molecule has 8 nitrogen and oxygen atoms in total. The molecule has 164 valence electrons. The third-order valence-electron chi connectivity index (χ3n) is 5.12. The molecule has 1 saturated carbocycles. The van der Waals surface area contributed by atoms with E-state index in [0.29, 0.717) is 17.7 Å². The number of imidazole rings is 1. The SMILES string of the molecule is COC1CCCC(CS(=O)(=O)NNC(=O)c2cc(-c3cn(C)cn3)cc(Cl)c2F)C1. The number of carbonyl (C=O) groups is 1. The Balaban J connectivity index is 1.69. The Bertz CT molecular complexity index is 1030. The largest absolute Gasteiger partial charge is 0.381 e. The van der Waals surface area contributed by atoms with Crippen LogP contribution in [0.2, 0.25) is 5.02 Å². The zero-order valence-corrected chi connectivity index (χ0v) is 18.3. The van der Waals surface area contributed by atoms with Crippen LogP contribution in [0.4, 0.5) is 4.39 Å². The molecule has 0 aliphatic heterocycles. The van der Waals surface area contributed by atoms with Crippen LogP contribution in [-0.2, 0) is 21.8 Å². The summed E-state index contributed by atoms with van der Waals surface area (Å²) in [6.07, 6.45) is 6.48. The molecule has 0 spiro atoms. The van der Waals surface area contributed by atoms with Gasteiger partial charge in [-0.1, -0.05) is 18.0 Å². The van der Waals surface area contributed by atoms with Crippen LogP contribution in [0.1, 0.15) is 36.0 Å². The highest BCUT2D eigenvalue weighted by atomic mass is 35.5. The Morgan fingerprint density at radius 2 is 2.17 bits per heavy atom. The highest BCUT2D eigenvalue weighted by Crippen LogP contribution is 2.28. The van der Waals surface area contributed by atoms with Gasteiger partial charge in [-0.2, -0.15) is 0 Å². The number of nitrogens with zero attached hydrogens (tertiary/aromatic N) is 2. The number of aromatic nitrogens is 2. The van der Waals surface area contributed by atoms with Gasteiger partial charge in [0.15, 0.2) is 5.82 Å². The molecule has 1 aromatic carbocycles. The molecule has 11 heteroatoms. The van der Waals surface area contributed by atoms with E-state index in [-0.39, 0.29) is 28.4 Å². The van der Waals surface area contributed by atoms with Crippen LogP contribution >= 0.6 is 11.6 Å². The highest BCUT2D eigenvalue weighted by molar-refractivity contribution is 7.89. The quantitative estimate of drug-likeness (QED) is 0.621. The molecule has 3 rings (SSSR count). The third kappa shape index (κ3) is 5.57. The van der Waals surface area contributed by atoms with E-state index >= 15 is 0 Å². The van der Waals surface area contributed by atoms with Crippen LogP contribution in [0.3, 0.4) is 0 Å². The van der Waals surface area contributed by atoms with Crippen molar-refractivity contribution in [3.8, 4) is 11.3 Å². The molecule has 2 N–H and O–H groups in total. The number of aryl methyl sites for hydroxylation is 1. The van der Waals surface area contributed by atoms with Crippen molar-refractivity contribution in [3.63, 3.8) is 0 Å². The van der Waals surface area contributed by atoms with Gasteiger partial charge in [0, 0.05) is 25.9 Å². The van der Waals surface area contributed by atoms with Gasteiger partial charge in [-0.05, 0) is 37.3 Å². The predicted molar refractivity (Wildman–Crippen MR) is 111 cm³/mol. The fourth-order valence-corrected chi connectivity index (χ4v) is 5.09. The maximum atomic E-state index is 14.4. The summed E-state index contributed by atoms with van der Waals surface area (Å²) in [5.41, 5.74) is 2.62. The Hall–Kier alpha value is -2.01. The fourth-order valence-electron chi connectivity index (χ4n) is 3.61. The number of hydrogen-bond donors (Lipinski definition) is 2. The average molecular weight is 459 g/mol. The van der Waals surface area contributed by atoms with Crippen molar-refractivity contribution in [2.45, 2.75) is 31.8 Å². The lowest BCUT2D eigenvalue weighted by Crippen LogP contribution is -2.44. The van der Waals surface area contributed by atoms with E-state index in [1.807, 2.05) is 4.83 Å². The molecule has 30 heavy (non-hydrogen) atoms.